The number of nitrogens with one attached hydrogen (secondary N) is 2. The molecule has 0 radical (unpaired) electrons. The van der Waals surface area contributed by atoms with E-state index in [-0.39, 0.29) is 11.9 Å². The van der Waals surface area contributed by atoms with Gasteiger partial charge in [-0.05, 0) is 24.6 Å². The summed E-state index contributed by atoms with van der Waals surface area (Å²) in [6.45, 7) is 4.73. The van der Waals surface area contributed by atoms with Crippen LogP contribution in [0.25, 0.3) is 0 Å². The van der Waals surface area contributed by atoms with Crippen LogP contribution in [0, 0.1) is 5.82 Å². The summed E-state index contributed by atoms with van der Waals surface area (Å²) >= 11 is 0. The van der Waals surface area contributed by atoms with E-state index in [0.717, 1.165) is 25.2 Å². The molecule has 0 fully saturated rings. The van der Waals surface area contributed by atoms with E-state index in [1.54, 1.807) is 19.1 Å². The maximum atomic E-state index is 12.6. The summed E-state index contributed by atoms with van der Waals surface area (Å²) in [5, 5.41) is 15.3. The van der Waals surface area contributed by atoms with Crippen LogP contribution in [-0.2, 0) is 6.54 Å². The molecule has 0 aromatic heterocycles. The molecule has 1 aromatic rings. The smallest absolute Gasteiger partial charge is 0.123 e. The molecule has 0 aliphatic rings. The van der Waals surface area contributed by atoms with Crippen molar-refractivity contribution in [3.05, 3.63) is 35.6 Å². The van der Waals surface area contributed by atoms with Crippen LogP contribution in [0.15, 0.2) is 24.3 Å². The van der Waals surface area contributed by atoms with Crippen molar-refractivity contribution in [3.63, 3.8) is 0 Å². The molecule has 0 heterocycles. The Labute approximate surface area is 95.7 Å². The lowest BCUT2D eigenvalue weighted by molar-refractivity contribution is 0.191. The van der Waals surface area contributed by atoms with Crippen LogP contribution in [0.4, 0.5) is 4.39 Å². The third kappa shape index (κ3) is 5.80. The van der Waals surface area contributed by atoms with Crippen LogP contribution < -0.4 is 10.6 Å². The summed E-state index contributed by atoms with van der Waals surface area (Å²) in [6.07, 6.45) is -0.308. The maximum absolute atomic E-state index is 12.6. The van der Waals surface area contributed by atoms with E-state index in [1.165, 1.54) is 12.1 Å². The molecule has 0 aliphatic heterocycles. The van der Waals surface area contributed by atoms with Crippen molar-refractivity contribution in [3.8, 4) is 0 Å². The molecule has 1 rings (SSSR count). The Balaban J connectivity index is 2.05. The quantitative estimate of drug-likeness (QED) is 0.605. The highest BCUT2D eigenvalue weighted by molar-refractivity contribution is 5.15. The molecule has 0 saturated carbocycles. The average molecular weight is 226 g/mol. The lowest BCUT2D eigenvalue weighted by atomic mass is 10.2. The van der Waals surface area contributed by atoms with Gasteiger partial charge in [-0.1, -0.05) is 12.1 Å². The molecule has 1 aromatic carbocycles. The Hall–Kier alpha value is -0.970. The molecule has 90 valence electrons. The Morgan fingerprint density at radius 2 is 1.81 bits per heavy atom. The molecule has 16 heavy (non-hydrogen) atoms. The van der Waals surface area contributed by atoms with Crippen molar-refractivity contribution >= 4 is 0 Å². The van der Waals surface area contributed by atoms with E-state index in [9.17, 15) is 4.39 Å². The van der Waals surface area contributed by atoms with E-state index in [2.05, 4.69) is 10.6 Å². The van der Waals surface area contributed by atoms with E-state index in [4.69, 9.17) is 5.11 Å². The largest absolute Gasteiger partial charge is 0.392 e. The molecule has 3 N–H and O–H groups in total. The molecule has 0 spiro atoms. The topological polar surface area (TPSA) is 44.3 Å². The van der Waals surface area contributed by atoms with Crippen LogP contribution in [0.5, 0.6) is 0 Å². The number of aliphatic hydroxyl groups excluding tert-OH is 1. The van der Waals surface area contributed by atoms with Crippen LogP contribution in [0.1, 0.15) is 12.5 Å². The Morgan fingerprint density at radius 3 is 2.44 bits per heavy atom. The van der Waals surface area contributed by atoms with Crippen LogP contribution in [-0.4, -0.2) is 30.8 Å². The van der Waals surface area contributed by atoms with Crippen LogP contribution in [0.2, 0.25) is 0 Å². The van der Waals surface area contributed by atoms with Crippen LogP contribution in [0.3, 0.4) is 0 Å². The molecule has 0 saturated heterocycles. The highest BCUT2D eigenvalue weighted by atomic mass is 19.1. The standard InChI is InChI=1S/C12H19FN2O/c1-10(16)8-14-6-7-15-9-11-2-4-12(13)5-3-11/h2-5,10,14-16H,6-9H2,1H3. The van der Waals surface area contributed by atoms with Gasteiger partial charge < -0.3 is 15.7 Å². The van der Waals surface area contributed by atoms with Crippen molar-refractivity contribution in [2.24, 2.45) is 0 Å². The van der Waals surface area contributed by atoms with Gasteiger partial charge in [-0.15, -0.1) is 0 Å². The van der Waals surface area contributed by atoms with Crippen LogP contribution >= 0.6 is 0 Å². The SMILES string of the molecule is CC(O)CNCCNCc1ccc(F)cc1. The summed E-state index contributed by atoms with van der Waals surface area (Å²) in [5.74, 6) is -0.206. The summed E-state index contributed by atoms with van der Waals surface area (Å²) in [4.78, 5) is 0. The molecule has 1 atom stereocenters. The van der Waals surface area contributed by atoms with Gasteiger partial charge in [0.25, 0.3) is 0 Å². The monoisotopic (exact) mass is 226 g/mol. The number of hydrogen-bond donors (Lipinski definition) is 3. The summed E-state index contributed by atoms with van der Waals surface area (Å²) in [7, 11) is 0. The minimum Gasteiger partial charge on any atom is -0.392 e. The number of halogens is 1. The summed E-state index contributed by atoms with van der Waals surface area (Å²) in [6, 6.07) is 6.46. The second-order valence-corrected chi connectivity index (χ2v) is 3.86. The minimum absolute atomic E-state index is 0.206. The molecular weight excluding hydrogens is 207 g/mol. The van der Waals surface area contributed by atoms with Crippen molar-refractivity contribution in [1.29, 1.82) is 0 Å². The first kappa shape index (κ1) is 13.1. The highest BCUT2D eigenvalue weighted by Crippen LogP contribution is 2.01. The maximum Gasteiger partial charge on any atom is 0.123 e. The molecule has 0 amide bonds. The number of rotatable bonds is 7. The van der Waals surface area contributed by atoms with Crippen molar-refractivity contribution < 1.29 is 9.50 Å². The number of aliphatic hydroxyl groups is 1. The van der Waals surface area contributed by atoms with Crippen molar-refractivity contribution in [2.45, 2.75) is 19.6 Å². The van der Waals surface area contributed by atoms with Gasteiger partial charge in [0.05, 0.1) is 6.10 Å². The van der Waals surface area contributed by atoms with Gasteiger partial charge >= 0.3 is 0 Å². The summed E-state index contributed by atoms with van der Waals surface area (Å²) < 4.78 is 12.6. The molecule has 0 aliphatic carbocycles. The molecular formula is C12H19FN2O. The Bertz CT molecular complexity index is 288. The van der Waals surface area contributed by atoms with E-state index < -0.39 is 0 Å². The average Bonchev–Trinajstić information content (AvgIpc) is 2.25. The number of benzene rings is 1. The minimum atomic E-state index is -0.308. The highest BCUT2D eigenvalue weighted by Gasteiger charge is 1.95. The first-order valence-corrected chi connectivity index (χ1v) is 5.52. The summed E-state index contributed by atoms with van der Waals surface area (Å²) in [5.41, 5.74) is 1.07. The first-order valence-electron chi connectivity index (χ1n) is 5.52. The second-order valence-electron chi connectivity index (χ2n) is 3.86. The molecule has 4 heteroatoms. The fraction of sp³-hybridized carbons (Fsp3) is 0.500. The van der Waals surface area contributed by atoms with Gasteiger partial charge in [-0.3, -0.25) is 0 Å². The number of hydrogen-bond acceptors (Lipinski definition) is 3. The van der Waals surface area contributed by atoms with Crippen molar-refractivity contribution in [2.75, 3.05) is 19.6 Å². The molecule has 3 nitrogen and oxygen atoms in total. The zero-order valence-electron chi connectivity index (χ0n) is 9.54. The Morgan fingerprint density at radius 1 is 1.19 bits per heavy atom. The molecule has 1 unspecified atom stereocenters. The predicted molar refractivity (Wildman–Crippen MR) is 62.7 cm³/mol. The van der Waals surface area contributed by atoms with Gasteiger partial charge in [0.2, 0.25) is 0 Å². The first-order chi connectivity index (χ1) is 7.68. The third-order valence-electron chi connectivity index (χ3n) is 2.16. The van der Waals surface area contributed by atoms with Gasteiger partial charge in [0.1, 0.15) is 5.82 Å². The van der Waals surface area contributed by atoms with E-state index in [0.29, 0.717) is 6.54 Å². The fourth-order valence-electron chi connectivity index (χ4n) is 1.32. The van der Waals surface area contributed by atoms with Gasteiger partial charge in [-0.2, -0.15) is 0 Å². The van der Waals surface area contributed by atoms with Gasteiger partial charge in [0.15, 0.2) is 0 Å². The molecule has 0 bridgehead atoms. The zero-order chi connectivity index (χ0) is 11.8. The van der Waals surface area contributed by atoms with Gasteiger partial charge in [0, 0.05) is 26.2 Å². The second kappa shape index (κ2) is 7.33. The lowest BCUT2D eigenvalue weighted by Crippen LogP contribution is -2.31. The van der Waals surface area contributed by atoms with E-state index >= 15 is 0 Å². The zero-order valence-corrected chi connectivity index (χ0v) is 9.54. The fourth-order valence-corrected chi connectivity index (χ4v) is 1.32. The predicted octanol–water partition coefficient (Wildman–Crippen LogP) is 0.886. The van der Waals surface area contributed by atoms with Crippen molar-refractivity contribution in [1.82, 2.24) is 10.6 Å². The third-order valence-corrected chi connectivity index (χ3v) is 2.16. The van der Waals surface area contributed by atoms with Gasteiger partial charge in [-0.25, -0.2) is 4.39 Å². The lowest BCUT2D eigenvalue weighted by Gasteiger charge is -2.08. The van der Waals surface area contributed by atoms with E-state index in [1.807, 2.05) is 0 Å². The Kier molecular flexibility index (Phi) is 6.00. The normalized spacial score (nSPS) is 12.7.